The van der Waals surface area contributed by atoms with Crippen LogP contribution in [0.1, 0.15) is 23.1 Å². The van der Waals surface area contributed by atoms with Crippen LogP contribution in [0.4, 0.5) is 26.7 Å². The quantitative estimate of drug-likeness (QED) is 0.0959. The van der Waals surface area contributed by atoms with Crippen molar-refractivity contribution in [3.05, 3.63) is 120 Å². The van der Waals surface area contributed by atoms with Gasteiger partial charge in [0, 0.05) is 61.3 Å². The van der Waals surface area contributed by atoms with E-state index < -0.39 is 50.9 Å². The summed E-state index contributed by atoms with van der Waals surface area (Å²) in [6, 6.07) is 13.7. The van der Waals surface area contributed by atoms with E-state index in [-0.39, 0.29) is 74.7 Å². The molecule has 2 aliphatic heterocycles. The smallest absolute Gasteiger partial charge is 0.410 e. The molecule has 0 spiro atoms. The third-order valence-corrected chi connectivity index (χ3v) is 8.92. The number of benzene rings is 3. The van der Waals surface area contributed by atoms with Crippen LogP contribution in [0.2, 0.25) is 0 Å². The fraction of sp³-hybridized carbons (Fsp3) is 0.333. The Kier molecular flexibility index (Phi) is 12.0. The summed E-state index contributed by atoms with van der Waals surface area (Å²) in [7, 11) is 0. The fourth-order valence-electron chi connectivity index (χ4n) is 5.71. The summed E-state index contributed by atoms with van der Waals surface area (Å²) in [5.74, 6) is -1.42. The highest BCUT2D eigenvalue weighted by atomic mass is 32.1. The second-order valence-electron chi connectivity index (χ2n) is 12.0. The number of piperazine rings is 1. The number of esters is 1. The molecule has 2 aliphatic rings. The van der Waals surface area contributed by atoms with Crippen molar-refractivity contribution in [2.45, 2.75) is 43.6 Å². The van der Waals surface area contributed by atoms with E-state index in [1.165, 1.54) is 82.6 Å². The molecule has 20 heteroatoms. The van der Waals surface area contributed by atoms with E-state index in [4.69, 9.17) is 14.2 Å². The van der Waals surface area contributed by atoms with E-state index in [9.17, 15) is 49.5 Å². The van der Waals surface area contributed by atoms with Gasteiger partial charge in [0.15, 0.2) is 6.04 Å². The maximum atomic E-state index is 13.9. The average molecular weight is 753 g/mol. The summed E-state index contributed by atoms with van der Waals surface area (Å²) in [5, 5.41) is 32.5. The minimum atomic E-state index is -1.36. The molecule has 0 bridgehead atoms. The first-order valence-corrected chi connectivity index (χ1v) is 16.5. The molecular weight excluding hydrogens is 720 g/mol. The highest BCUT2D eigenvalue weighted by Gasteiger charge is 2.45. The van der Waals surface area contributed by atoms with Crippen molar-refractivity contribution in [2.75, 3.05) is 26.2 Å². The largest absolute Gasteiger partial charge is 0.459 e. The molecule has 0 radical (unpaired) electrons. The number of likely N-dealkylation sites (tertiary alicyclic amines) is 1. The summed E-state index contributed by atoms with van der Waals surface area (Å²) in [6.45, 7) is -1.25. The number of ether oxygens (including phenoxy) is 3. The van der Waals surface area contributed by atoms with E-state index in [1.807, 2.05) is 0 Å². The number of amides is 3. The SMILES string of the molecule is O=C(OCc1ccc([N+](=O)[O-])cc1)C1CN(C(=O)[C@@H]2C[C@H](S)CN2C(=O)OCc2ccc([N+](=O)[O-])cc2)CCN1C(=O)OCc1ccc([N+](=O)[O-])cc1. The molecule has 3 amide bonds. The lowest BCUT2D eigenvalue weighted by Crippen LogP contribution is -2.62. The normalized spacial score (nSPS) is 18.2. The van der Waals surface area contributed by atoms with Gasteiger partial charge in [-0.3, -0.25) is 44.9 Å². The lowest BCUT2D eigenvalue weighted by atomic mass is 10.1. The van der Waals surface area contributed by atoms with Gasteiger partial charge in [-0.25, -0.2) is 14.4 Å². The van der Waals surface area contributed by atoms with Crippen molar-refractivity contribution in [3.8, 4) is 0 Å². The Morgan fingerprint density at radius 2 is 1.02 bits per heavy atom. The number of carbonyl (C=O) groups is 4. The first kappa shape index (κ1) is 37.9. The van der Waals surface area contributed by atoms with Crippen LogP contribution in [0.3, 0.4) is 0 Å². The van der Waals surface area contributed by atoms with Gasteiger partial charge in [-0.05, 0) is 59.5 Å². The maximum absolute atomic E-state index is 13.9. The van der Waals surface area contributed by atoms with Crippen LogP contribution in [0.25, 0.3) is 0 Å². The van der Waals surface area contributed by atoms with Gasteiger partial charge in [0.2, 0.25) is 5.91 Å². The van der Waals surface area contributed by atoms with Gasteiger partial charge in [0.05, 0.1) is 21.3 Å². The molecule has 0 N–H and O–H groups in total. The van der Waals surface area contributed by atoms with Crippen LogP contribution >= 0.6 is 12.6 Å². The topological polar surface area (TPSA) is 235 Å². The third-order valence-electron chi connectivity index (χ3n) is 8.54. The molecule has 1 unspecified atom stereocenters. The number of rotatable bonds is 11. The summed E-state index contributed by atoms with van der Waals surface area (Å²) in [6.07, 6.45) is -1.56. The van der Waals surface area contributed by atoms with Crippen molar-refractivity contribution >= 4 is 53.8 Å². The maximum Gasteiger partial charge on any atom is 0.410 e. The highest BCUT2D eigenvalue weighted by Crippen LogP contribution is 2.27. The van der Waals surface area contributed by atoms with Gasteiger partial charge in [0.1, 0.15) is 25.9 Å². The highest BCUT2D eigenvalue weighted by molar-refractivity contribution is 7.81. The molecule has 53 heavy (non-hydrogen) atoms. The van der Waals surface area contributed by atoms with Crippen molar-refractivity contribution in [1.29, 1.82) is 0 Å². The first-order chi connectivity index (χ1) is 25.3. The Morgan fingerprint density at radius 1 is 0.604 bits per heavy atom. The Bertz CT molecular complexity index is 1880. The number of carbonyl (C=O) groups excluding carboxylic acids is 4. The average Bonchev–Trinajstić information content (AvgIpc) is 3.56. The molecule has 3 atom stereocenters. The number of thiol groups is 1. The second kappa shape index (κ2) is 16.8. The monoisotopic (exact) mass is 752 g/mol. The number of nitro groups is 3. The van der Waals surface area contributed by atoms with Crippen LogP contribution in [0.5, 0.6) is 0 Å². The van der Waals surface area contributed by atoms with Crippen LogP contribution < -0.4 is 0 Å². The fourth-order valence-corrected chi connectivity index (χ4v) is 6.09. The van der Waals surface area contributed by atoms with E-state index in [1.54, 1.807) is 0 Å². The number of hydrogen-bond donors (Lipinski definition) is 1. The molecule has 3 aromatic carbocycles. The van der Waals surface area contributed by atoms with E-state index in [2.05, 4.69) is 12.6 Å². The van der Waals surface area contributed by atoms with Crippen molar-refractivity contribution in [2.24, 2.45) is 0 Å². The molecule has 5 rings (SSSR count). The molecule has 0 saturated carbocycles. The molecule has 278 valence electrons. The van der Waals surface area contributed by atoms with E-state index in [0.717, 1.165) is 4.90 Å². The van der Waals surface area contributed by atoms with Crippen molar-refractivity contribution in [3.63, 3.8) is 0 Å². The Balaban J connectivity index is 1.27. The molecule has 0 aromatic heterocycles. The van der Waals surface area contributed by atoms with Gasteiger partial charge in [-0.1, -0.05) is 0 Å². The molecular formula is C33H32N6O13S. The lowest BCUT2D eigenvalue weighted by Gasteiger charge is -2.40. The molecule has 19 nitrogen and oxygen atoms in total. The van der Waals surface area contributed by atoms with Gasteiger partial charge < -0.3 is 19.1 Å². The minimum absolute atomic E-state index is 0.0446. The van der Waals surface area contributed by atoms with Crippen LogP contribution in [0, 0.1) is 30.3 Å². The van der Waals surface area contributed by atoms with Crippen LogP contribution in [-0.2, 0) is 43.6 Å². The Labute approximate surface area is 305 Å². The molecule has 2 fully saturated rings. The predicted octanol–water partition coefficient (Wildman–Crippen LogP) is 4.01. The van der Waals surface area contributed by atoms with E-state index in [0.29, 0.717) is 16.7 Å². The van der Waals surface area contributed by atoms with Gasteiger partial charge in [0.25, 0.3) is 17.1 Å². The first-order valence-electron chi connectivity index (χ1n) is 16.0. The molecule has 3 aromatic rings. The zero-order valence-corrected chi connectivity index (χ0v) is 28.6. The minimum Gasteiger partial charge on any atom is -0.459 e. The molecule has 2 saturated heterocycles. The predicted molar refractivity (Wildman–Crippen MR) is 184 cm³/mol. The number of non-ortho nitro benzene ring substituents is 3. The van der Waals surface area contributed by atoms with Crippen LogP contribution in [0.15, 0.2) is 72.8 Å². The van der Waals surface area contributed by atoms with Gasteiger partial charge >= 0.3 is 18.2 Å². The third kappa shape index (κ3) is 9.52. The summed E-state index contributed by atoms with van der Waals surface area (Å²) in [5.41, 5.74) is 0.907. The number of nitro benzene ring substituents is 3. The second-order valence-corrected chi connectivity index (χ2v) is 12.8. The number of nitrogens with zero attached hydrogens (tertiary/aromatic N) is 6. The zero-order valence-electron chi connectivity index (χ0n) is 27.8. The van der Waals surface area contributed by atoms with Gasteiger partial charge in [-0.2, -0.15) is 12.6 Å². The lowest BCUT2D eigenvalue weighted by molar-refractivity contribution is -0.385. The summed E-state index contributed by atoms with van der Waals surface area (Å²) < 4.78 is 16.3. The van der Waals surface area contributed by atoms with Crippen LogP contribution in [-0.4, -0.2) is 97.0 Å². The Morgan fingerprint density at radius 3 is 1.45 bits per heavy atom. The summed E-state index contributed by atoms with van der Waals surface area (Å²) >= 11 is 4.47. The standard InChI is InChI=1S/C33H32N6O13S/c40-30(28-15-27(53)16-36(28)33(43)52-20-23-5-11-26(12-6-23)39(48)49)34-13-14-35(32(42)51-19-22-3-9-25(10-4-22)38(46)47)29(17-34)31(41)50-18-21-1-7-24(8-2-21)37(44)45/h1-12,27-29,53H,13-20H2/t27-,28-,29?/m0/s1. The van der Waals surface area contributed by atoms with E-state index >= 15 is 0 Å². The summed E-state index contributed by atoms with van der Waals surface area (Å²) in [4.78, 5) is 88.7. The Hall–Kier alpha value is -6.31. The van der Waals surface area contributed by atoms with Crippen molar-refractivity contribution < 1.29 is 48.2 Å². The number of hydrogen-bond acceptors (Lipinski definition) is 14. The molecule has 0 aliphatic carbocycles. The van der Waals surface area contributed by atoms with Gasteiger partial charge in [-0.15, -0.1) is 0 Å². The van der Waals surface area contributed by atoms with Crippen molar-refractivity contribution in [1.82, 2.24) is 14.7 Å². The molecule has 2 heterocycles. The zero-order chi connectivity index (χ0) is 38.2.